The second-order valence-electron chi connectivity index (χ2n) is 8.56. The van der Waals surface area contributed by atoms with Crippen molar-refractivity contribution in [3.05, 3.63) is 0 Å². The molecule has 1 nitrogen and oxygen atoms in total. The second-order valence-corrected chi connectivity index (χ2v) is 20.4. The standard InChI is InChI=1S/C9H19O.3C4H6F3.Sn/c1-2-3-4-5-6-7-8-9-10;3*1-2-3-4(5,6)7;/h2-9H2,1H3;3*1-3H2;/q-1;;;;+1. The van der Waals surface area contributed by atoms with Crippen molar-refractivity contribution in [3.63, 3.8) is 0 Å². The molecule has 0 amide bonds. The van der Waals surface area contributed by atoms with Crippen LogP contribution in [0.5, 0.6) is 0 Å². The Balaban J connectivity index is 5.00. The number of hydrogen-bond donors (Lipinski definition) is 0. The van der Waals surface area contributed by atoms with E-state index in [1.807, 2.05) is 0 Å². The van der Waals surface area contributed by atoms with Crippen LogP contribution in [-0.2, 0) is 3.07 Å². The molecular weight excluding hydrogens is 558 g/mol. The fourth-order valence-corrected chi connectivity index (χ4v) is 15.8. The molecule has 0 aliphatic heterocycles. The van der Waals surface area contributed by atoms with E-state index in [1.165, 1.54) is 0 Å². The first kappa shape index (κ1) is 32.1. The molecule has 0 unspecified atom stereocenters. The van der Waals surface area contributed by atoms with Gasteiger partial charge in [-0.2, -0.15) is 0 Å². The average Bonchev–Trinajstić information content (AvgIpc) is 2.60. The molecule has 0 saturated carbocycles. The topological polar surface area (TPSA) is 9.23 Å². The maximum absolute atomic E-state index is 12.6. The molecule has 0 fully saturated rings. The van der Waals surface area contributed by atoms with E-state index in [2.05, 4.69) is 6.92 Å². The molecule has 0 aliphatic rings. The fraction of sp³-hybridized carbons (Fsp3) is 1.00. The van der Waals surface area contributed by atoms with Gasteiger partial charge < -0.3 is 0 Å². The van der Waals surface area contributed by atoms with Gasteiger partial charge in [0.2, 0.25) is 0 Å². The van der Waals surface area contributed by atoms with Gasteiger partial charge in [-0.25, -0.2) is 0 Å². The van der Waals surface area contributed by atoms with Crippen LogP contribution in [0.2, 0.25) is 13.3 Å². The van der Waals surface area contributed by atoms with Gasteiger partial charge in [-0.15, -0.1) is 0 Å². The summed E-state index contributed by atoms with van der Waals surface area (Å²) in [5.74, 6) is 0. The van der Waals surface area contributed by atoms with Crippen molar-refractivity contribution in [3.8, 4) is 0 Å². The average molecular weight is 595 g/mol. The Hall–Kier alpha value is 0.129. The molecule has 0 saturated heterocycles. The molecule has 0 rings (SSSR count). The van der Waals surface area contributed by atoms with Crippen molar-refractivity contribution < 1.29 is 42.6 Å². The summed E-state index contributed by atoms with van der Waals surface area (Å²) in [6.45, 7) is 2.31. The maximum atomic E-state index is 12.6. The number of unbranched alkanes of at least 4 members (excludes halogenated alkanes) is 6. The molecule has 194 valence electrons. The van der Waals surface area contributed by atoms with E-state index in [0.29, 0.717) is 6.42 Å². The van der Waals surface area contributed by atoms with Crippen LogP contribution in [0.4, 0.5) is 39.5 Å². The van der Waals surface area contributed by atoms with Crippen LogP contribution >= 0.6 is 0 Å². The third-order valence-corrected chi connectivity index (χ3v) is 18.6. The summed E-state index contributed by atoms with van der Waals surface area (Å²) in [7, 11) is 0. The molecule has 11 heteroatoms. The summed E-state index contributed by atoms with van der Waals surface area (Å²) < 4.78 is 120. The summed E-state index contributed by atoms with van der Waals surface area (Å²) in [5, 5.41) is 0. The SMILES string of the molecule is CCCCCCCCC[O][Sn]([CH2]CCC(F)(F)F)([CH2]CCC(F)(F)F)[CH2]CCC(F)(F)F. The Bertz CT molecular complexity index is 411. The van der Waals surface area contributed by atoms with Crippen molar-refractivity contribution in [2.75, 3.05) is 6.61 Å². The second kappa shape index (κ2) is 15.9. The van der Waals surface area contributed by atoms with Crippen LogP contribution in [0.1, 0.15) is 90.4 Å². The molecule has 0 aromatic heterocycles. The predicted molar refractivity (Wildman–Crippen MR) is 110 cm³/mol. The quantitative estimate of drug-likeness (QED) is 0.0872. The van der Waals surface area contributed by atoms with Crippen LogP contribution in [-0.4, -0.2) is 43.9 Å². The molecule has 0 aromatic carbocycles. The Labute approximate surface area is 190 Å². The van der Waals surface area contributed by atoms with Gasteiger partial charge in [-0.05, 0) is 0 Å². The van der Waals surface area contributed by atoms with Crippen molar-refractivity contribution in [1.29, 1.82) is 0 Å². The molecule has 0 atom stereocenters. The first-order chi connectivity index (χ1) is 14.7. The zero-order chi connectivity index (χ0) is 24.7. The normalized spacial score (nSPS) is 13.7. The third-order valence-electron chi connectivity index (χ3n) is 5.43. The zero-order valence-electron chi connectivity index (χ0n) is 18.8. The summed E-state index contributed by atoms with van der Waals surface area (Å²) in [6, 6.07) is 0. The van der Waals surface area contributed by atoms with Crippen LogP contribution < -0.4 is 0 Å². The van der Waals surface area contributed by atoms with E-state index in [4.69, 9.17) is 3.07 Å². The van der Waals surface area contributed by atoms with Crippen molar-refractivity contribution in [2.45, 2.75) is 122 Å². The van der Waals surface area contributed by atoms with Crippen LogP contribution in [0.25, 0.3) is 0 Å². The summed E-state index contributed by atoms with van der Waals surface area (Å²) >= 11 is -4.09. The number of rotatable bonds is 18. The Morgan fingerprint density at radius 3 is 1.19 bits per heavy atom. The Morgan fingerprint density at radius 1 is 0.500 bits per heavy atom. The molecule has 0 radical (unpaired) electrons. The summed E-state index contributed by atoms with van der Waals surface area (Å²) in [6.07, 6.45) is -10.6. The van der Waals surface area contributed by atoms with Gasteiger partial charge >= 0.3 is 190 Å². The minimum atomic E-state index is -4.41. The number of alkyl halides is 9. The number of halogens is 9. The molecule has 0 aromatic rings. The van der Waals surface area contributed by atoms with Gasteiger partial charge in [-0.1, -0.05) is 0 Å². The van der Waals surface area contributed by atoms with Gasteiger partial charge in [0.15, 0.2) is 0 Å². The molecule has 0 aliphatic carbocycles. The van der Waals surface area contributed by atoms with Crippen LogP contribution in [0, 0.1) is 0 Å². The monoisotopic (exact) mass is 596 g/mol. The predicted octanol–water partition coefficient (Wildman–Crippen LogP) is 9.73. The van der Waals surface area contributed by atoms with Gasteiger partial charge in [0, 0.05) is 0 Å². The van der Waals surface area contributed by atoms with E-state index in [1.54, 1.807) is 0 Å². The van der Waals surface area contributed by atoms with Crippen LogP contribution in [0.15, 0.2) is 0 Å². The van der Waals surface area contributed by atoms with Crippen molar-refractivity contribution in [2.24, 2.45) is 0 Å². The van der Waals surface area contributed by atoms with E-state index < -0.39 is 56.6 Å². The minimum absolute atomic E-state index is 0.000401. The Morgan fingerprint density at radius 2 is 0.844 bits per heavy atom. The van der Waals surface area contributed by atoms with Gasteiger partial charge in [-0.3, -0.25) is 0 Å². The van der Waals surface area contributed by atoms with E-state index in [-0.39, 0.29) is 39.2 Å². The van der Waals surface area contributed by atoms with E-state index >= 15 is 0 Å². The first-order valence-corrected chi connectivity index (χ1v) is 18.7. The molecule has 0 N–H and O–H groups in total. The molecule has 0 heterocycles. The van der Waals surface area contributed by atoms with Crippen molar-refractivity contribution >= 4 is 18.8 Å². The van der Waals surface area contributed by atoms with Gasteiger partial charge in [0.05, 0.1) is 0 Å². The van der Waals surface area contributed by atoms with Crippen molar-refractivity contribution in [1.82, 2.24) is 0 Å². The molecule has 32 heavy (non-hydrogen) atoms. The Kier molecular flexibility index (Phi) is 16.0. The molecule has 0 spiro atoms. The van der Waals surface area contributed by atoms with Gasteiger partial charge in [0.25, 0.3) is 0 Å². The molecule has 0 bridgehead atoms. The van der Waals surface area contributed by atoms with E-state index in [9.17, 15) is 39.5 Å². The summed E-state index contributed by atoms with van der Waals surface area (Å²) in [5.41, 5.74) is 0. The van der Waals surface area contributed by atoms with Gasteiger partial charge in [0.1, 0.15) is 0 Å². The first-order valence-electron chi connectivity index (χ1n) is 11.5. The third kappa shape index (κ3) is 20.7. The number of hydrogen-bond acceptors (Lipinski definition) is 1. The fourth-order valence-electron chi connectivity index (χ4n) is 3.77. The van der Waals surface area contributed by atoms with Crippen LogP contribution in [0.3, 0.4) is 0 Å². The summed E-state index contributed by atoms with van der Waals surface area (Å²) in [4.78, 5) is 0. The zero-order valence-corrected chi connectivity index (χ0v) is 21.7. The molecular formula is C21H37F9OSn. The van der Waals surface area contributed by atoms with E-state index in [0.717, 1.165) is 38.5 Å².